The second kappa shape index (κ2) is 8.37. The number of carbonyl (C=O) groups excluding carboxylic acids is 1. The molecule has 5 nitrogen and oxygen atoms in total. The van der Waals surface area contributed by atoms with E-state index in [1.807, 2.05) is 19.1 Å². The number of halogens is 1. The molecule has 1 aromatic heterocycles. The molecule has 7 heteroatoms. The lowest BCUT2D eigenvalue weighted by molar-refractivity contribution is -0.121. The zero-order valence-corrected chi connectivity index (χ0v) is 17.2. The van der Waals surface area contributed by atoms with Crippen LogP contribution in [0.4, 0.5) is 4.39 Å². The summed E-state index contributed by atoms with van der Waals surface area (Å²) in [6.07, 6.45) is 3.07. The van der Waals surface area contributed by atoms with Gasteiger partial charge >= 0.3 is 0 Å². The topological polar surface area (TPSA) is 59.8 Å². The van der Waals surface area contributed by atoms with Gasteiger partial charge in [0.05, 0.1) is 16.9 Å². The van der Waals surface area contributed by atoms with Crippen LogP contribution < -0.4 is 5.32 Å². The Morgan fingerprint density at radius 1 is 1.21 bits per heavy atom. The van der Waals surface area contributed by atoms with Gasteiger partial charge in [0, 0.05) is 7.05 Å². The quantitative estimate of drug-likeness (QED) is 0.638. The Labute approximate surface area is 173 Å². The number of hydrogen-bond donors (Lipinski definition) is 1. The molecule has 0 spiro atoms. The number of benzene rings is 2. The Bertz CT molecular complexity index is 1040. The number of thioether (sulfide) groups is 1. The summed E-state index contributed by atoms with van der Waals surface area (Å²) in [5.74, 6) is 0.0628. The molecule has 0 saturated heterocycles. The van der Waals surface area contributed by atoms with Crippen LogP contribution in [0.25, 0.3) is 11.4 Å². The summed E-state index contributed by atoms with van der Waals surface area (Å²) in [5, 5.41) is 11.7. The standard InChI is InChI=1S/C22H23FN4OS/c1-14(21(28)24-19-13-7-9-15-8-3-4-10-16(15)19)29-22-26-25-20(27(22)2)17-11-5-6-12-18(17)23/h3-6,8,10-12,14,19H,7,9,13H2,1-2H3,(H,24,28). The Morgan fingerprint density at radius 3 is 2.79 bits per heavy atom. The summed E-state index contributed by atoms with van der Waals surface area (Å²) in [6.45, 7) is 1.85. The number of aromatic nitrogens is 3. The second-order valence-electron chi connectivity index (χ2n) is 7.26. The molecule has 2 unspecified atom stereocenters. The first-order valence-corrected chi connectivity index (χ1v) is 10.6. The average Bonchev–Trinajstić information content (AvgIpc) is 3.08. The van der Waals surface area contributed by atoms with Crippen LogP contribution in [0.15, 0.2) is 53.7 Å². The lowest BCUT2D eigenvalue weighted by atomic mass is 9.88. The van der Waals surface area contributed by atoms with Crippen LogP contribution in [0.5, 0.6) is 0 Å². The normalized spacial score (nSPS) is 16.9. The van der Waals surface area contributed by atoms with Crippen molar-refractivity contribution in [2.45, 2.75) is 42.6 Å². The van der Waals surface area contributed by atoms with E-state index in [2.05, 4.69) is 27.6 Å². The van der Waals surface area contributed by atoms with Crippen molar-refractivity contribution >= 4 is 17.7 Å². The lowest BCUT2D eigenvalue weighted by Crippen LogP contribution is -2.36. The van der Waals surface area contributed by atoms with E-state index >= 15 is 0 Å². The monoisotopic (exact) mass is 410 g/mol. The van der Waals surface area contributed by atoms with Crippen molar-refractivity contribution < 1.29 is 9.18 Å². The molecule has 1 aliphatic rings. The maximum atomic E-state index is 14.1. The largest absolute Gasteiger partial charge is 0.348 e. The predicted molar refractivity (Wildman–Crippen MR) is 112 cm³/mol. The summed E-state index contributed by atoms with van der Waals surface area (Å²) in [4.78, 5) is 12.8. The van der Waals surface area contributed by atoms with Crippen molar-refractivity contribution in [2.24, 2.45) is 7.05 Å². The van der Waals surface area contributed by atoms with Crippen LogP contribution >= 0.6 is 11.8 Å². The third kappa shape index (κ3) is 4.05. The third-order valence-corrected chi connectivity index (χ3v) is 6.42. The van der Waals surface area contributed by atoms with Crippen molar-refractivity contribution in [3.05, 3.63) is 65.5 Å². The highest BCUT2D eigenvalue weighted by Crippen LogP contribution is 2.31. The molecule has 0 fully saturated rings. The van der Waals surface area contributed by atoms with Crippen LogP contribution in [0.3, 0.4) is 0 Å². The summed E-state index contributed by atoms with van der Waals surface area (Å²) >= 11 is 1.32. The van der Waals surface area contributed by atoms with Crippen LogP contribution in [0.2, 0.25) is 0 Å². The third-order valence-electron chi connectivity index (χ3n) is 5.29. The summed E-state index contributed by atoms with van der Waals surface area (Å²) in [6, 6.07) is 14.8. The Morgan fingerprint density at radius 2 is 1.97 bits per heavy atom. The van der Waals surface area contributed by atoms with E-state index in [1.165, 1.54) is 29.0 Å². The van der Waals surface area contributed by atoms with Crippen molar-refractivity contribution in [1.29, 1.82) is 0 Å². The van der Waals surface area contributed by atoms with Crippen LogP contribution in [0, 0.1) is 5.82 Å². The fourth-order valence-electron chi connectivity index (χ4n) is 3.70. The summed E-state index contributed by atoms with van der Waals surface area (Å²) in [5.41, 5.74) is 2.92. The van der Waals surface area contributed by atoms with Gasteiger partial charge in [0.15, 0.2) is 11.0 Å². The molecule has 150 valence electrons. The zero-order valence-electron chi connectivity index (χ0n) is 16.4. The van der Waals surface area contributed by atoms with E-state index < -0.39 is 0 Å². The number of rotatable bonds is 5. The molecule has 0 aliphatic heterocycles. The maximum absolute atomic E-state index is 14.1. The van der Waals surface area contributed by atoms with Gasteiger partial charge in [-0.25, -0.2) is 4.39 Å². The molecule has 0 radical (unpaired) electrons. The molecule has 3 aromatic rings. The molecule has 0 bridgehead atoms. The zero-order chi connectivity index (χ0) is 20.4. The van der Waals surface area contributed by atoms with Crippen LogP contribution in [0.1, 0.15) is 36.9 Å². The van der Waals surface area contributed by atoms with E-state index in [4.69, 9.17) is 0 Å². The number of hydrogen-bond acceptors (Lipinski definition) is 4. The SMILES string of the molecule is CC(Sc1nnc(-c2ccccc2F)n1C)C(=O)NC1CCCc2ccccc21. The molecule has 0 saturated carbocycles. The molecule has 4 rings (SSSR count). The van der Waals surface area contributed by atoms with E-state index in [9.17, 15) is 9.18 Å². The van der Waals surface area contributed by atoms with Gasteiger partial charge in [0.25, 0.3) is 0 Å². The highest BCUT2D eigenvalue weighted by molar-refractivity contribution is 8.00. The lowest BCUT2D eigenvalue weighted by Gasteiger charge is -2.27. The molecule has 1 amide bonds. The summed E-state index contributed by atoms with van der Waals surface area (Å²) < 4.78 is 15.8. The minimum absolute atomic E-state index is 0.0351. The first-order chi connectivity index (χ1) is 14.0. The minimum Gasteiger partial charge on any atom is -0.348 e. The number of carbonyl (C=O) groups is 1. The Hall–Kier alpha value is -2.67. The van der Waals surface area contributed by atoms with E-state index in [0.717, 1.165) is 19.3 Å². The van der Waals surface area contributed by atoms with Gasteiger partial charge in [-0.1, -0.05) is 48.2 Å². The number of aryl methyl sites for hydroxylation is 1. The molecule has 1 heterocycles. The second-order valence-corrected chi connectivity index (χ2v) is 8.57. The highest BCUT2D eigenvalue weighted by Gasteiger charge is 2.25. The predicted octanol–water partition coefficient (Wildman–Crippen LogP) is 4.30. The Kier molecular flexibility index (Phi) is 5.67. The fourth-order valence-corrected chi connectivity index (χ4v) is 4.52. The van der Waals surface area contributed by atoms with E-state index in [1.54, 1.807) is 29.8 Å². The molecule has 1 aliphatic carbocycles. The molecule has 2 aromatic carbocycles. The highest BCUT2D eigenvalue weighted by atomic mass is 32.2. The molecule has 1 N–H and O–H groups in total. The van der Waals surface area contributed by atoms with E-state index in [-0.39, 0.29) is 23.0 Å². The van der Waals surface area contributed by atoms with Gasteiger partial charge in [-0.05, 0) is 49.4 Å². The average molecular weight is 411 g/mol. The Balaban J connectivity index is 1.46. The van der Waals surface area contributed by atoms with Crippen molar-refractivity contribution in [3.8, 4) is 11.4 Å². The first-order valence-electron chi connectivity index (χ1n) is 9.73. The van der Waals surface area contributed by atoms with Gasteiger partial charge in [0.2, 0.25) is 5.91 Å². The van der Waals surface area contributed by atoms with Crippen LogP contribution in [-0.2, 0) is 18.3 Å². The van der Waals surface area contributed by atoms with Gasteiger partial charge in [-0.15, -0.1) is 10.2 Å². The van der Waals surface area contributed by atoms with Gasteiger partial charge < -0.3 is 9.88 Å². The number of fused-ring (bicyclic) bond motifs is 1. The van der Waals surface area contributed by atoms with Crippen molar-refractivity contribution in [2.75, 3.05) is 0 Å². The van der Waals surface area contributed by atoms with E-state index in [0.29, 0.717) is 16.5 Å². The molecule has 2 atom stereocenters. The minimum atomic E-state index is -0.347. The molecule has 29 heavy (non-hydrogen) atoms. The number of amides is 1. The fraction of sp³-hybridized carbons (Fsp3) is 0.318. The summed E-state index contributed by atoms with van der Waals surface area (Å²) in [7, 11) is 1.78. The first kappa shape index (κ1) is 19.6. The van der Waals surface area contributed by atoms with Crippen molar-refractivity contribution in [1.82, 2.24) is 20.1 Å². The molecular weight excluding hydrogens is 387 g/mol. The smallest absolute Gasteiger partial charge is 0.233 e. The maximum Gasteiger partial charge on any atom is 0.233 e. The van der Waals surface area contributed by atoms with Gasteiger partial charge in [-0.3, -0.25) is 4.79 Å². The number of nitrogens with zero attached hydrogens (tertiary/aromatic N) is 3. The van der Waals surface area contributed by atoms with Crippen molar-refractivity contribution in [3.63, 3.8) is 0 Å². The van der Waals surface area contributed by atoms with Crippen LogP contribution in [-0.4, -0.2) is 25.9 Å². The van der Waals surface area contributed by atoms with Gasteiger partial charge in [0.1, 0.15) is 5.82 Å². The van der Waals surface area contributed by atoms with Gasteiger partial charge in [-0.2, -0.15) is 0 Å². The molecular formula is C22H23FN4OS. The number of nitrogens with one attached hydrogen (secondary N) is 1.